The van der Waals surface area contributed by atoms with Crippen LogP contribution in [0.1, 0.15) is 30.6 Å². The Kier molecular flexibility index (Phi) is 5.27. The lowest BCUT2D eigenvalue weighted by molar-refractivity contribution is 0.102. The third-order valence-electron chi connectivity index (χ3n) is 3.10. The molecule has 1 atom stereocenters. The van der Waals surface area contributed by atoms with Gasteiger partial charge < -0.3 is 10.6 Å². The quantitative estimate of drug-likeness (QED) is 0.880. The number of amides is 1. The van der Waals surface area contributed by atoms with Crippen LogP contribution in [-0.4, -0.2) is 22.1 Å². The lowest BCUT2D eigenvalue weighted by Crippen LogP contribution is -2.17. The number of hydrogen-bond donors (Lipinski definition) is 2. The number of nitrogens with one attached hydrogen (secondary N) is 2. The maximum atomic E-state index is 13.7. The van der Waals surface area contributed by atoms with Gasteiger partial charge in [-0.3, -0.25) is 4.79 Å². The lowest BCUT2D eigenvalue weighted by Gasteiger charge is -2.11. The molecule has 0 aliphatic rings. The monoisotopic (exact) mass is 322 g/mol. The molecule has 0 saturated heterocycles. The minimum atomic E-state index is -0.687. The smallest absolute Gasteiger partial charge is 0.261 e. The molecular formula is C15H16ClFN4O. The Morgan fingerprint density at radius 3 is 2.55 bits per heavy atom. The van der Waals surface area contributed by atoms with E-state index in [1.165, 1.54) is 18.2 Å². The van der Waals surface area contributed by atoms with Crippen LogP contribution in [0, 0.1) is 5.82 Å². The predicted octanol–water partition coefficient (Wildman–Crippen LogP) is 3.73. The van der Waals surface area contributed by atoms with Crippen molar-refractivity contribution in [2.24, 2.45) is 0 Å². The molecule has 0 aliphatic heterocycles. The fourth-order valence-corrected chi connectivity index (χ4v) is 1.97. The van der Waals surface area contributed by atoms with Crippen molar-refractivity contribution >= 4 is 29.1 Å². The Labute approximate surface area is 132 Å². The first-order valence-corrected chi connectivity index (χ1v) is 7.24. The number of carbonyl (C=O) groups is 1. The highest BCUT2D eigenvalue weighted by molar-refractivity contribution is 6.34. The molecule has 2 rings (SSSR count). The van der Waals surface area contributed by atoms with Crippen LogP contribution < -0.4 is 10.6 Å². The van der Waals surface area contributed by atoms with Gasteiger partial charge in [0.05, 0.1) is 10.6 Å². The molecular weight excluding hydrogens is 307 g/mol. The molecule has 0 saturated carbocycles. The number of rotatable bonds is 5. The van der Waals surface area contributed by atoms with E-state index in [0.29, 0.717) is 5.82 Å². The summed E-state index contributed by atoms with van der Waals surface area (Å²) in [4.78, 5) is 12.0. The molecule has 7 heteroatoms. The highest BCUT2D eigenvalue weighted by Crippen LogP contribution is 2.20. The molecule has 5 nitrogen and oxygen atoms in total. The highest BCUT2D eigenvalue weighted by Gasteiger charge is 2.16. The average Bonchev–Trinajstić information content (AvgIpc) is 2.49. The molecule has 1 unspecified atom stereocenters. The van der Waals surface area contributed by atoms with Crippen molar-refractivity contribution in [3.8, 4) is 0 Å². The van der Waals surface area contributed by atoms with Gasteiger partial charge in [0.2, 0.25) is 0 Å². The van der Waals surface area contributed by atoms with Gasteiger partial charge in [-0.25, -0.2) is 4.39 Å². The summed E-state index contributed by atoms with van der Waals surface area (Å²) in [5.74, 6) is -0.525. The fraction of sp³-hybridized carbons (Fsp3) is 0.267. The molecule has 2 N–H and O–H groups in total. The molecule has 1 heterocycles. The summed E-state index contributed by atoms with van der Waals surface area (Å²) in [7, 11) is 0. The summed E-state index contributed by atoms with van der Waals surface area (Å²) in [6.45, 7) is 4.08. The molecule has 0 bridgehead atoms. The summed E-state index contributed by atoms with van der Waals surface area (Å²) in [5.41, 5.74) is -0.215. The molecule has 0 spiro atoms. The van der Waals surface area contributed by atoms with Gasteiger partial charge in [-0.15, -0.1) is 10.2 Å². The largest absolute Gasteiger partial charge is 0.366 e. The minimum Gasteiger partial charge on any atom is -0.366 e. The molecule has 2 aromatic rings. The van der Waals surface area contributed by atoms with Gasteiger partial charge in [-0.2, -0.15) is 0 Å². The zero-order chi connectivity index (χ0) is 16.1. The zero-order valence-corrected chi connectivity index (χ0v) is 13.0. The predicted molar refractivity (Wildman–Crippen MR) is 84.8 cm³/mol. The van der Waals surface area contributed by atoms with E-state index in [9.17, 15) is 9.18 Å². The van der Waals surface area contributed by atoms with Crippen molar-refractivity contribution in [2.45, 2.75) is 26.3 Å². The van der Waals surface area contributed by atoms with Crippen LogP contribution in [0.15, 0.2) is 30.3 Å². The number of aromatic nitrogens is 2. The van der Waals surface area contributed by atoms with Gasteiger partial charge >= 0.3 is 0 Å². The van der Waals surface area contributed by atoms with E-state index in [1.54, 1.807) is 12.1 Å². The Hall–Kier alpha value is -2.21. The van der Waals surface area contributed by atoms with E-state index in [1.807, 2.05) is 6.92 Å². The van der Waals surface area contributed by atoms with Gasteiger partial charge in [-0.1, -0.05) is 24.6 Å². The Morgan fingerprint density at radius 1 is 1.27 bits per heavy atom. The van der Waals surface area contributed by atoms with E-state index < -0.39 is 11.7 Å². The standard InChI is InChI=1S/C15H16ClFN4O/c1-3-9(2)18-12-7-8-13(21-20-12)19-15(22)14-10(16)5-4-6-11(14)17/h4-9H,3H2,1-2H3,(H,18,20)(H,19,21,22). The summed E-state index contributed by atoms with van der Waals surface area (Å²) < 4.78 is 13.7. The Balaban J connectivity index is 2.09. The van der Waals surface area contributed by atoms with E-state index in [4.69, 9.17) is 11.6 Å². The van der Waals surface area contributed by atoms with Crippen molar-refractivity contribution in [3.63, 3.8) is 0 Å². The molecule has 116 valence electrons. The van der Waals surface area contributed by atoms with Gasteiger partial charge in [0.1, 0.15) is 11.6 Å². The molecule has 0 fully saturated rings. The summed E-state index contributed by atoms with van der Waals surface area (Å²) in [6.07, 6.45) is 0.950. The Morgan fingerprint density at radius 2 is 1.95 bits per heavy atom. The second kappa shape index (κ2) is 7.17. The van der Waals surface area contributed by atoms with Crippen molar-refractivity contribution in [3.05, 3.63) is 46.7 Å². The molecule has 1 amide bonds. The fourth-order valence-electron chi connectivity index (χ4n) is 1.72. The maximum absolute atomic E-state index is 13.7. The molecule has 22 heavy (non-hydrogen) atoms. The van der Waals surface area contributed by atoms with Crippen molar-refractivity contribution in [1.82, 2.24) is 10.2 Å². The van der Waals surface area contributed by atoms with Crippen LogP contribution >= 0.6 is 11.6 Å². The van der Waals surface area contributed by atoms with E-state index >= 15 is 0 Å². The van der Waals surface area contributed by atoms with Crippen LogP contribution in [0.4, 0.5) is 16.0 Å². The second-order valence-electron chi connectivity index (χ2n) is 4.81. The van der Waals surface area contributed by atoms with Crippen LogP contribution in [0.2, 0.25) is 5.02 Å². The highest BCUT2D eigenvalue weighted by atomic mass is 35.5. The normalized spacial score (nSPS) is 11.8. The van der Waals surface area contributed by atoms with Crippen molar-refractivity contribution in [1.29, 1.82) is 0 Å². The summed E-state index contributed by atoms with van der Waals surface area (Å²) in [5, 5.41) is 13.5. The topological polar surface area (TPSA) is 66.9 Å². The Bertz CT molecular complexity index is 643. The summed E-state index contributed by atoms with van der Waals surface area (Å²) in [6, 6.07) is 7.61. The zero-order valence-electron chi connectivity index (χ0n) is 12.2. The van der Waals surface area contributed by atoms with Gasteiger partial charge in [0.15, 0.2) is 5.82 Å². The van der Waals surface area contributed by atoms with Crippen LogP contribution in [0.25, 0.3) is 0 Å². The third kappa shape index (κ3) is 3.92. The SMILES string of the molecule is CCC(C)Nc1ccc(NC(=O)c2c(F)cccc2Cl)nn1. The number of halogens is 2. The number of carbonyl (C=O) groups excluding carboxylic acids is 1. The average molecular weight is 323 g/mol. The van der Waals surface area contributed by atoms with E-state index in [2.05, 4.69) is 27.8 Å². The lowest BCUT2D eigenvalue weighted by atomic mass is 10.2. The second-order valence-corrected chi connectivity index (χ2v) is 5.22. The third-order valence-corrected chi connectivity index (χ3v) is 3.42. The van der Waals surface area contributed by atoms with E-state index in [0.717, 1.165) is 6.42 Å². The van der Waals surface area contributed by atoms with Crippen molar-refractivity contribution in [2.75, 3.05) is 10.6 Å². The van der Waals surface area contributed by atoms with Crippen LogP contribution in [0.3, 0.4) is 0 Å². The molecule has 1 aromatic heterocycles. The van der Waals surface area contributed by atoms with Crippen LogP contribution in [0.5, 0.6) is 0 Å². The van der Waals surface area contributed by atoms with Crippen LogP contribution in [-0.2, 0) is 0 Å². The first-order chi connectivity index (χ1) is 10.5. The van der Waals surface area contributed by atoms with Crippen molar-refractivity contribution < 1.29 is 9.18 Å². The number of anilines is 2. The first-order valence-electron chi connectivity index (χ1n) is 6.87. The number of nitrogens with zero attached hydrogens (tertiary/aromatic N) is 2. The first kappa shape index (κ1) is 16.2. The van der Waals surface area contributed by atoms with Gasteiger partial charge in [0.25, 0.3) is 5.91 Å². The molecule has 0 aliphatic carbocycles. The number of benzene rings is 1. The molecule has 0 radical (unpaired) electrons. The maximum Gasteiger partial charge on any atom is 0.261 e. The minimum absolute atomic E-state index is 0.0421. The summed E-state index contributed by atoms with van der Waals surface area (Å²) >= 11 is 5.84. The van der Waals surface area contributed by atoms with E-state index in [-0.39, 0.29) is 22.4 Å². The van der Waals surface area contributed by atoms with Gasteiger partial charge in [-0.05, 0) is 37.6 Å². The number of hydrogen-bond acceptors (Lipinski definition) is 4. The molecule has 1 aromatic carbocycles. The van der Waals surface area contributed by atoms with Gasteiger partial charge in [0, 0.05) is 6.04 Å².